The Hall–Kier alpha value is -2.95. The lowest BCUT2D eigenvalue weighted by Gasteiger charge is -2.06. The first-order valence-electron chi connectivity index (χ1n) is 6.05. The molecule has 0 atom stereocenters. The molecule has 0 unspecified atom stereocenters. The number of carbonyl (C=O) groups excluding carboxylic acids is 1. The van der Waals surface area contributed by atoms with Crippen LogP contribution in [0.2, 0.25) is 0 Å². The summed E-state index contributed by atoms with van der Waals surface area (Å²) in [6, 6.07) is 14.0. The van der Waals surface area contributed by atoms with E-state index in [9.17, 15) is 9.90 Å². The van der Waals surface area contributed by atoms with Gasteiger partial charge in [-0.05, 0) is 24.3 Å². The highest BCUT2D eigenvalue weighted by Gasteiger charge is 2.11. The van der Waals surface area contributed by atoms with Crippen LogP contribution in [-0.4, -0.2) is 21.0 Å². The molecule has 0 fully saturated rings. The molecule has 1 amide bonds. The number of nitrogens with zero attached hydrogens (tertiary/aromatic N) is 2. The number of pyridine rings is 2. The van der Waals surface area contributed by atoms with E-state index >= 15 is 0 Å². The standard InChI is InChI=1S/C15H11N3O2/c19-13-6-3-9-16-14(13)18-15(20)12-8-7-10-4-1-2-5-11(10)17-12/h1-9,19H,(H,16,18,20). The molecule has 5 heteroatoms. The summed E-state index contributed by atoms with van der Waals surface area (Å²) in [5, 5.41) is 13.1. The van der Waals surface area contributed by atoms with Crippen LogP contribution < -0.4 is 5.32 Å². The second-order valence-electron chi connectivity index (χ2n) is 4.21. The van der Waals surface area contributed by atoms with Crippen molar-refractivity contribution in [2.45, 2.75) is 0 Å². The third-order valence-electron chi connectivity index (χ3n) is 2.85. The molecule has 0 saturated carbocycles. The summed E-state index contributed by atoms with van der Waals surface area (Å²) in [5.74, 6) is -0.376. The van der Waals surface area contributed by atoms with Gasteiger partial charge >= 0.3 is 0 Å². The molecule has 20 heavy (non-hydrogen) atoms. The average molecular weight is 265 g/mol. The highest BCUT2D eigenvalue weighted by atomic mass is 16.3. The number of para-hydroxylation sites is 1. The summed E-state index contributed by atoms with van der Waals surface area (Å²) in [5.41, 5.74) is 1.01. The summed E-state index contributed by atoms with van der Waals surface area (Å²) in [4.78, 5) is 20.3. The Kier molecular flexibility index (Phi) is 3.01. The number of fused-ring (bicyclic) bond motifs is 1. The number of carbonyl (C=O) groups is 1. The minimum atomic E-state index is -0.412. The van der Waals surface area contributed by atoms with Gasteiger partial charge in [0.05, 0.1) is 5.52 Å². The molecule has 0 spiro atoms. The normalized spacial score (nSPS) is 10.4. The van der Waals surface area contributed by atoms with Gasteiger partial charge in [-0.1, -0.05) is 24.3 Å². The fraction of sp³-hybridized carbons (Fsp3) is 0. The third kappa shape index (κ3) is 2.29. The lowest BCUT2D eigenvalue weighted by Crippen LogP contribution is -2.14. The first-order valence-corrected chi connectivity index (χ1v) is 6.05. The Labute approximate surface area is 114 Å². The predicted octanol–water partition coefficient (Wildman–Crippen LogP) is 2.59. The van der Waals surface area contributed by atoms with Crippen LogP contribution >= 0.6 is 0 Å². The highest BCUT2D eigenvalue weighted by molar-refractivity contribution is 6.04. The molecule has 2 N–H and O–H groups in total. The van der Waals surface area contributed by atoms with Gasteiger partial charge in [0.1, 0.15) is 5.69 Å². The molecule has 3 rings (SSSR count). The molecule has 0 radical (unpaired) electrons. The maximum Gasteiger partial charge on any atom is 0.275 e. The van der Waals surface area contributed by atoms with Gasteiger partial charge in [0.15, 0.2) is 11.6 Å². The van der Waals surface area contributed by atoms with Crippen molar-refractivity contribution in [1.29, 1.82) is 0 Å². The Balaban J connectivity index is 1.91. The smallest absolute Gasteiger partial charge is 0.275 e. The summed E-state index contributed by atoms with van der Waals surface area (Å²) in [7, 11) is 0. The minimum absolute atomic E-state index is 0.0818. The number of aromatic hydroxyl groups is 1. The van der Waals surface area contributed by atoms with E-state index in [0.29, 0.717) is 0 Å². The molecule has 0 saturated heterocycles. The number of amides is 1. The van der Waals surface area contributed by atoms with Gasteiger partial charge in [0, 0.05) is 11.6 Å². The molecular formula is C15H11N3O2. The van der Waals surface area contributed by atoms with Crippen molar-refractivity contribution < 1.29 is 9.90 Å². The minimum Gasteiger partial charge on any atom is -0.504 e. The lowest BCUT2D eigenvalue weighted by atomic mass is 10.2. The van der Waals surface area contributed by atoms with Gasteiger partial charge in [-0.25, -0.2) is 9.97 Å². The molecule has 0 aliphatic heterocycles. The van der Waals surface area contributed by atoms with Gasteiger partial charge in [0.25, 0.3) is 5.91 Å². The monoisotopic (exact) mass is 265 g/mol. The number of rotatable bonds is 2. The first-order chi connectivity index (χ1) is 9.74. The summed E-state index contributed by atoms with van der Waals surface area (Å²) in [6.45, 7) is 0. The fourth-order valence-electron chi connectivity index (χ4n) is 1.86. The van der Waals surface area contributed by atoms with Crippen LogP contribution in [0.3, 0.4) is 0 Å². The zero-order chi connectivity index (χ0) is 13.9. The predicted molar refractivity (Wildman–Crippen MR) is 75.6 cm³/mol. The van der Waals surface area contributed by atoms with Crippen LogP contribution in [0, 0.1) is 0 Å². The summed E-state index contributed by atoms with van der Waals surface area (Å²) < 4.78 is 0. The molecule has 1 aromatic carbocycles. The van der Waals surface area contributed by atoms with E-state index in [1.165, 1.54) is 12.3 Å². The molecular weight excluding hydrogens is 254 g/mol. The highest BCUT2D eigenvalue weighted by Crippen LogP contribution is 2.19. The van der Waals surface area contributed by atoms with Crippen LogP contribution in [0.25, 0.3) is 10.9 Å². The summed E-state index contributed by atoms with van der Waals surface area (Å²) >= 11 is 0. The zero-order valence-electron chi connectivity index (χ0n) is 10.4. The quantitative estimate of drug-likeness (QED) is 0.746. The second-order valence-corrected chi connectivity index (χ2v) is 4.21. The Bertz CT molecular complexity index is 787. The average Bonchev–Trinajstić information content (AvgIpc) is 2.49. The first kappa shape index (κ1) is 12.1. The van der Waals surface area contributed by atoms with Crippen molar-refractivity contribution >= 4 is 22.6 Å². The van der Waals surface area contributed by atoms with Gasteiger partial charge in [-0.15, -0.1) is 0 Å². The zero-order valence-corrected chi connectivity index (χ0v) is 10.4. The maximum atomic E-state index is 12.1. The SMILES string of the molecule is O=C(Nc1ncccc1O)c1ccc2ccccc2n1. The van der Waals surface area contributed by atoms with E-state index in [-0.39, 0.29) is 17.3 Å². The van der Waals surface area contributed by atoms with E-state index in [1.54, 1.807) is 12.1 Å². The third-order valence-corrected chi connectivity index (χ3v) is 2.85. The van der Waals surface area contributed by atoms with E-state index < -0.39 is 5.91 Å². The van der Waals surface area contributed by atoms with Crippen molar-refractivity contribution in [1.82, 2.24) is 9.97 Å². The second kappa shape index (κ2) is 4.97. The Morgan fingerprint density at radius 1 is 1.05 bits per heavy atom. The largest absolute Gasteiger partial charge is 0.504 e. The topological polar surface area (TPSA) is 75.1 Å². The van der Waals surface area contributed by atoms with E-state index in [1.807, 2.05) is 30.3 Å². The van der Waals surface area contributed by atoms with Crippen LogP contribution in [0.15, 0.2) is 54.7 Å². The molecule has 5 nitrogen and oxygen atoms in total. The van der Waals surface area contributed by atoms with Crippen molar-refractivity contribution in [3.63, 3.8) is 0 Å². The van der Waals surface area contributed by atoms with Gasteiger partial charge < -0.3 is 10.4 Å². The molecule has 0 bridgehead atoms. The number of hydrogen-bond acceptors (Lipinski definition) is 4. The van der Waals surface area contributed by atoms with Crippen molar-refractivity contribution in [3.05, 3.63) is 60.4 Å². The molecule has 98 valence electrons. The molecule has 3 aromatic rings. The van der Waals surface area contributed by atoms with Crippen molar-refractivity contribution in [2.24, 2.45) is 0 Å². The number of nitrogens with one attached hydrogen (secondary N) is 1. The van der Waals surface area contributed by atoms with Crippen LogP contribution in [-0.2, 0) is 0 Å². The molecule has 0 aliphatic rings. The number of hydrogen-bond donors (Lipinski definition) is 2. The molecule has 2 heterocycles. The van der Waals surface area contributed by atoms with Crippen molar-refractivity contribution in [2.75, 3.05) is 5.32 Å². The van der Waals surface area contributed by atoms with Crippen LogP contribution in [0.5, 0.6) is 5.75 Å². The van der Waals surface area contributed by atoms with Crippen LogP contribution in [0.4, 0.5) is 5.82 Å². The lowest BCUT2D eigenvalue weighted by molar-refractivity contribution is 0.102. The maximum absolute atomic E-state index is 12.1. The van der Waals surface area contributed by atoms with Gasteiger partial charge in [0.2, 0.25) is 0 Å². The molecule has 2 aromatic heterocycles. The number of benzene rings is 1. The number of anilines is 1. The van der Waals surface area contributed by atoms with E-state index in [2.05, 4.69) is 15.3 Å². The van der Waals surface area contributed by atoms with Crippen molar-refractivity contribution in [3.8, 4) is 5.75 Å². The van der Waals surface area contributed by atoms with E-state index in [4.69, 9.17) is 0 Å². The van der Waals surface area contributed by atoms with Crippen LogP contribution in [0.1, 0.15) is 10.5 Å². The number of aromatic nitrogens is 2. The fourth-order valence-corrected chi connectivity index (χ4v) is 1.86. The summed E-state index contributed by atoms with van der Waals surface area (Å²) in [6.07, 6.45) is 1.49. The Morgan fingerprint density at radius 3 is 2.75 bits per heavy atom. The van der Waals surface area contributed by atoms with Gasteiger partial charge in [-0.3, -0.25) is 4.79 Å². The van der Waals surface area contributed by atoms with E-state index in [0.717, 1.165) is 10.9 Å². The Morgan fingerprint density at radius 2 is 1.90 bits per heavy atom. The molecule has 0 aliphatic carbocycles. The van der Waals surface area contributed by atoms with Gasteiger partial charge in [-0.2, -0.15) is 0 Å².